The summed E-state index contributed by atoms with van der Waals surface area (Å²) < 4.78 is 5.37. The number of hydrogen-bond donors (Lipinski definition) is 0. The van der Waals surface area contributed by atoms with Gasteiger partial charge >= 0.3 is 0 Å². The zero-order valence-corrected chi connectivity index (χ0v) is 12.8. The summed E-state index contributed by atoms with van der Waals surface area (Å²) in [6.07, 6.45) is 0. The van der Waals surface area contributed by atoms with Crippen LogP contribution in [-0.4, -0.2) is 73.5 Å². The molecule has 1 aromatic rings. The standard InChI is InChI=1S/C13H24N6O/c1-5-17(3)10-18(4)12-14-11(2)15-13(16-12)19-6-8-20-9-7-19/h5-10H2,1-4H3. The molecule has 112 valence electrons. The maximum absolute atomic E-state index is 5.37. The first kappa shape index (κ1) is 14.9. The number of aryl methyl sites for hydroxylation is 1. The minimum absolute atomic E-state index is 0.722. The van der Waals surface area contributed by atoms with E-state index in [9.17, 15) is 0 Å². The Labute approximate surface area is 120 Å². The molecule has 0 spiro atoms. The van der Waals surface area contributed by atoms with Crippen LogP contribution in [0, 0.1) is 6.92 Å². The van der Waals surface area contributed by atoms with Crippen LogP contribution in [0.2, 0.25) is 0 Å². The number of nitrogens with zero attached hydrogens (tertiary/aromatic N) is 6. The Bertz CT molecular complexity index is 435. The molecule has 2 heterocycles. The van der Waals surface area contributed by atoms with Gasteiger partial charge in [-0.1, -0.05) is 6.92 Å². The molecule has 1 aliphatic heterocycles. The van der Waals surface area contributed by atoms with Gasteiger partial charge in [0.05, 0.1) is 19.9 Å². The summed E-state index contributed by atoms with van der Waals surface area (Å²) in [5.74, 6) is 2.23. The van der Waals surface area contributed by atoms with Crippen LogP contribution in [0.5, 0.6) is 0 Å². The molecule has 0 atom stereocenters. The average Bonchev–Trinajstić information content (AvgIpc) is 2.47. The second-order valence-corrected chi connectivity index (χ2v) is 5.09. The summed E-state index contributed by atoms with van der Waals surface area (Å²) in [6, 6.07) is 0. The van der Waals surface area contributed by atoms with Gasteiger partial charge in [0.2, 0.25) is 11.9 Å². The van der Waals surface area contributed by atoms with Crippen LogP contribution in [0.3, 0.4) is 0 Å². The van der Waals surface area contributed by atoms with Crippen LogP contribution < -0.4 is 9.80 Å². The maximum atomic E-state index is 5.37. The Hall–Kier alpha value is -1.47. The monoisotopic (exact) mass is 280 g/mol. The maximum Gasteiger partial charge on any atom is 0.231 e. The smallest absolute Gasteiger partial charge is 0.231 e. The quantitative estimate of drug-likeness (QED) is 0.722. The van der Waals surface area contributed by atoms with Crippen molar-refractivity contribution in [2.24, 2.45) is 0 Å². The summed E-state index contributed by atoms with van der Waals surface area (Å²) in [4.78, 5) is 19.9. The molecule has 1 saturated heterocycles. The molecule has 0 radical (unpaired) electrons. The minimum atomic E-state index is 0.722. The topological polar surface area (TPSA) is 57.6 Å². The number of morpholine rings is 1. The Morgan fingerprint density at radius 3 is 2.50 bits per heavy atom. The molecule has 0 aliphatic carbocycles. The van der Waals surface area contributed by atoms with Crippen LogP contribution in [0.25, 0.3) is 0 Å². The normalized spacial score (nSPS) is 15.8. The van der Waals surface area contributed by atoms with E-state index in [1.165, 1.54) is 0 Å². The fourth-order valence-electron chi connectivity index (χ4n) is 2.05. The van der Waals surface area contributed by atoms with Crippen molar-refractivity contribution < 1.29 is 4.74 Å². The van der Waals surface area contributed by atoms with Crippen LogP contribution in [0.4, 0.5) is 11.9 Å². The molecule has 0 aromatic carbocycles. The van der Waals surface area contributed by atoms with E-state index in [0.29, 0.717) is 0 Å². The van der Waals surface area contributed by atoms with Gasteiger partial charge in [-0.2, -0.15) is 15.0 Å². The number of hydrogen-bond acceptors (Lipinski definition) is 7. The highest BCUT2D eigenvalue weighted by Crippen LogP contribution is 2.14. The Balaban J connectivity index is 2.15. The van der Waals surface area contributed by atoms with Gasteiger partial charge in [-0.15, -0.1) is 0 Å². The van der Waals surface area contributed by atoms with E-state index in [0.717, 1.165) is 57.2 Å². The van der Waals surface area contributed by atoms with Crippen molar-refractivity contribution in [3.05, 3.63) is 5.82 Å². The molecular formula is C13H24N6O. The Morgan fingerprint density at radius 2 is 1.85 bits per heavy atom. The molecule has 1 fully saturated rings. The summed E-state index contributed by atoms with van der Waals surface area (Å²) in [6.45, 7) is 8.96. The van der Waals surface area contributed by atoms with Crippen molar-refractivity contribution in [1.29, 1.82) is 0 Å². The van der Waals surface area contributed by atoms with Crippen LogP contribution in [-0.2, 0) is 4.74 Å². The minimum Gasteiger partial charge on any atom is -0.378 e. The Morgan fingerprint density at radius 1 is 1.15 bits per heavy atom. The molecule has 7 heteroatoms. The molecular weight excluding hydrogens is 256 g/mol. The predicted octanol–water partition coefficient (Wildman–Crippen LogP) is 0.362. The van der Waals surface area contributed by atoms with E-state index in [4.69, 9.17) is 4.74 Å². The summed E-state index contributed by atoms with van der Waals surface area (Å²) in [7, 11) is 4.08. The summed E-state index contributed by atoms with van der Waals surface area (Å²) in [5, 5.41) is 0. The second kappa shape index (κ2) is 6.81. The fourth-order valence-corrected chi connectivity index (χ4v) is 2.05. The molecule has 0 saturated carbocycles. The second-order valence-electron chi connectivity index (χ2n) is 5.09. The van der Waals surface area contributed by atoms with Crippen molar-refractivity contribution >= 4 is 11.9 Å². The van der Waals surface area contributed by atoms with Crippen molar-refractivity contribution in [1.82, 2.24) is 19.9 Å². The third-order valence-corrected chi connectivity index (χ3v) is 3.35. The lowest BCUT2D eigenvalue weighted by Gasteiger charge is -2.28. The number of ether oxygens (including phenoxy) is 1. The summed E-state index contributed by atoms with van der Waals surface area (Å²) >= 11 is 0. The van der Waals surface area contributed by atoms with E-state index in [-0.39, 0.29) is 0 Å². The third-order valence-electron chi connectivity index (χ3n) is 3.35. The van der Waals surface area contributed by atoms with E-state index in [2.05, 4.69) is 38.7 Å². The van der Waals surface area contributed by atoms with Crippen molar-refractivity contribution in [3.8, 4) is 0 Å². The first-order chi connectivity index (χ1) is 9.60. The average molecular weight is 280 g/mol. The molecule has 7 nitrogen and oxygen atoms in total. The Kier molecular flexibility index (Phi) is 5.08. The van der Waals surface area contributed by atoms with Crippen molar-refractivity contribution in [2.75, 3.05) is 63.4 Å². The van der Waals surface area contributed by atoms with Gasteiger partial charge in [-0.3, -0.25) is 4.90 Å². The molecule has 1 aliphatic rings. The van der Waals surface area contributed by atoms with Gasteiger partial charge in [0.15, 0.2) is 0 Å². The van der Waals surface area contributed by atoms with Gasteiger partial charge in [0.25, 0.3) is 0 Å². The van der Waals surface area contributed by atoms with Crippen molar-refractivity contribution in [3.63, 3.8) is 0 Å². The van der Waals surface area contributed by atoms with Crippen molar-refractivity contribution in [2.45, 2.75) is 13.8 Å². The molecule has 0 N–H and O–H groups in total. The van der Waals surface area contributed by atoms with E-state index < -0.39 is 0 Å². The van der Waals surface area contributed by atoms with Gasteiger partial charge in [0.1, 0.15) is 5.82 Å². The highest BCUT2D eigenvalue weighted by molar-refractivity contribution is 5.38. The van der Waals surface area contributed by atoms with Gasteiger partial charge in [-0.05, 0) is 20.5 Å². The molecule has 2 rings (SSSR count). The third kappa shape index (κ3) is 3.77. The highest BCUT2D eigenvalue weighted by Gasteiger charge is 2.17. The lowest BCUT2D eigenvalue weighted by molar-refractivity contribution is 0.122. The zero-order valence-electron chi connectivity index (χ0n) is 12.8. The largest absolute Gasteiger partial charge is 0.378 e. The van der Waals surface area contributed by atoms with Gasteiger partial charge < -0.3 is 14.5 Å². The van der Waals surface area contributed by atoms with E-state index in [1.807, 2.05) is 18.9 Å². The first-order valence-electron chi connectivity index (χ1n) is 7.05. The van der Waals surface area contributed by atoms with Crippen LogP contribution in [0.1, 0.15) is 12.7 Å². The van der Waals surface area contributed by atoms with Gasteiger partial charge in [0, 0.05) is 20.1 Å². The molecule has 20 heavy (non-hydrogen) atoms. The molecule has 0 bridgehead atoms. The predicted molar refractivity (Wildman–Crippen MR) is 79.2 cm³/mol. The molecule has 1 aromatic heterocycles. The number of aromatic nitrogens is 3. The lowest BCUT2D eigenvalue weighted by Crippen LogP contribution is -2.38. The zero-order chi connectivity index (χ0) is 14.5. The molecule has 0 amide bonds. The highest BCUT2D eigenvalue weighted by atomic mass is 16.5. The van der Waals surface area contributed by atoms with E-state index in [1.54, 1.807) is 0 Å². The lowest BCUT2D eigenvalue weighted by atomic mass is 10.4. The SMILES string of the molecule is CCN(C)CN(C)c1nc(C)nc(N2CCOCC2)n1. The molecule has 0 unspecified atom stereocenters. The number of rotatable bonds is 5. The summed E-state index contributed by atoms with van der Waals surface area (Å²) in [5.41, 5.74) is 0. The number of anilines is 2. The van der Waals surface area contributed by atoms with E-state index >= 15 is 0 Å². The fraction of sp³-hybridized carbons (Fsp3) is 0.769. The van der Waals surface area contributed by atoms with Crippen LogP contribution in [0.15, 0.2) is 0 Å². The van der Waals surface area contributed by atoms with Gasteiger partial charge in [-0.25, -0.2) is 0 Å². The van der Waals surface area contributed by atoms with Crippen LogP contribution >= 0.6 is 0 Å². The first-order valence-corrected chi connectivity index (χ1v) is 7.05.